The molecule has 1 saturated heterocycles. The van der Waals surface area contributed by atoms with Gasteiger partial charge in [-0.2, -0.15) is 0 Å². The van der Waals surface area contributed by atoms with E-state index in [-0.39, 0.29) is 11.8 Å². The molecule has 2 aromatic rings. The van der Waals surface area contributed by atoms with E-state index in [2.05, 4.69) is 59.2 Å². The van der Waals surface area contributed by atoms with Crippen LogP contribution in [0.1, 0.15) is 36.3 Å². The molecule has 3 heteroatoms. The second-order valence-electron chi connectivity index (χ2n) is 6.58. The monoisotopic (exact) mass is 322 g/mol. The van der Waals surface area contributed by atoms with Crippen LogP contribution in [-0.4, -0.2) is 25.5 Å². The molecule has 1 fully saturated rings. The number of nitrogens with one attached hydrogen (secondary N) is 2. The summed E-state index contributed by atoms with van der Waals surface area (Å²) < 4.78 is 0. The molecule has 0 spiro atoms. The molecule has 0 saturated carbocycles. The zero-order chi connectivity index (χ0) is 16.6. The van der Waals surface area contributed by atoms with Gasteiger partial charge in [-0.1, -0.05) is 60.7 Å². The molecule has 1 aliphatic rings. The minimum Gasteiger partial charge on any atom is -0.355 e. The highest BCUT2D eigenvalue weighted by atomic mass is 16.1. The van der Waals surface area contributed by atoms with E-state index in [9.17, 15) is 4.79 Å². The van der Waals surface area contributed by atoms with Gasteiger partial charge in [0, 0.05) is 18.9 Å². The van der Waals surface area contributed by atoms with Crippen molar-refractivity contribution >= 4 is 5.91 Å². The van der Waals surface area contributed by atoms with E-state index in [0.29, 0.717) is 18.9 Å². The van der Waals surface area contributed by atoms with Crippen LogP contribution in [0.2, 0.25) is 0 Å². The van der Waals surface area contributed by atoms with Crippen LogP contribution in [0, 0.1) is 5.92 Å². The Morgan fingerprint density at radius 1 is 1.04 bits per heavy atom. The van der Waals surface area contributed by atoms with Crippen molar-refractivity contribution in [2.45, 2.75) is 25.2 Å². The average Bonchev–Trinajstić information content (AvgIpc) is 3.16. The predicted octanol–water partition coefficient (Wildman–Crippen LogP) is 3.32. The molecule has 3 rings (SSSR count). The highest BCUT2D eigenvalue weighted by Gasteiger charge is 2.17. The molecule has 0 radical (unpaired) electrons. The third-order valence-electron chi connectivity index (χ3n) is 4.85. The van der Waals surface area contributed by atoms with E-state index in [4.69, 9.17) is 0 Å². The fraction of sp³-hybridized carbons (Fsp3) is 0.381. The summed E-state index contributed by atoms with van der Waals surface area (Å²) in [6.45, 7) is 2.80. The zero-order valence-electron chi connectivity index (χ0n) is 14.1. The summed E-state index contributed by atoms with van der Waals surface area (Å²) in [6, 6.07) is 20.8. The predicted molar refractivity (Wildman–Crippen MR) is 97.9 cm³/mol. The fourth-order valence-electron chi connectivity index (χ4n) is 3.40. The van der Waals surface area contributed by atoms with Gasteiger partial charge in [0.05, 0.1) is 0 Å². The van der Waals surface area contributed by atoms with Crippen LogP contribution in [0.4, 0.5) is 0 Å². The van der Waals surface area contributed by atoms with Gasteiger partial charge in [0.15, 0.2) is 0 Å². The molecule has 1 unspecified atom stereocenters. The van der Waals surface area contributed by atoms with Crippen molar-refractivity contribution in [3.8, 4) is 0 Å². The molecule has 2 N–H and O–H groups in total. The molecule has 0 aliphatic carbocycles. The Morgan fingerprint density at radius 2 is 1.67 bits per heavy atom. The van der Waals surface area contributed by atoms with Gasteiger partial charge in [-0.3, -0.25) is 4.79 Å². The summed E-state index contributed by atoms with van der Waals surface area (Å²) in [5.41, 5.74) is 2.48. The normalized spacial score (nSPS) is 17.1. The number of carbonyl (C=O) groups is 1. The lowest BCUT2D eigenvalue weighted by atomic mass is 9.91. The van der Waals surface area contributed by atoms with Gasteiger partial charge in [0.1, 0.15) is 0 Å². The third-order valence-corrected chi connectivity index (χ3v) is 4.85. The van der Waals surface area contributed by atoms with E-state index in [1.165, 1.54) is 17.5 Å². The van der Waals surface area contributed by atoms with Gasteiger partial charge >= 0.3 is 0 Å². The summed E-state index contributed by atoms with van der Waals surface area (Å²) in [6.07, 6.45) is 2.81. The first kappa shape index (κ1) is 16.7. The smallest absolute Gasteiger partial charge is 0.220 e. The molecular weight excluding hydrogens is 296 g/mol. The van der Waals surface area contributed by atoms with Crippen LogP contribution in [0.25, 0.3) is 0 Å². The molecule has 24 heavy (non-hydrogen) atoms. The van der Waals surface area contributed by atoms with Crippen molar-refractivity contribution in [1.29, 1.82) is 0 Å². The highest BCUT2D eigenvalue weighted by Crippen LogP contribution is 2.23. The first-order chi connectivity index (χ1) is 11.8. The largest absolute Gasteiger partial charge is 0.355 e. The second kappa shape index (κ2) is 8.65. The summed E-state index contributed by atoms with van der Waals surface area (Å²) in [4.78, 5) is 12.2. The Morgan fingerprint density at radius 3 is 2.21 bits per heavy atom. The van der Waals surface area contributed by atoms with E-state index in [0.717, 1.165) is 19.5 Å². The van der Waals surface area contributed by atoms with Crippen molar-refractivity contribution in [2.24, 2.45) is 5.92 Å². The van der Waals surface area contributed by atoms with Crippen LogP contribution in [0.5, 0.6) is 0 Å². The molecule has 0 aromatic heterocycles. The third kappa shape index (κ3) is 4.68. The quantitative estimate of drug-likeness (QED) is 0.821. The number of hydrogen-bond donors (Lipinski definition) is 2. The Labute approximate surface area is 144 Å². The van der Waals surface area contributed by atoms with E-state index in [1.54, 1.807) is 0 Å². The first-order valence-corrected chi connectivity index (χ1v) is 8.90. The summed E-state index contributed by atoms with van der Waals surface area (Å²) >= 11 is 0. The van der Waals surface area contributed by atoms with Crippen molar-refractivity contribution in [3.05, 3.63) is 71.8 Å². The van der Waals surface area contributed by atoms with Gasteiger partial charge in [0.25, 0.3) is 0 Å². The van der Waals surface area contributed by atoms with Gasteiger partial charge < -0.3 is 10.6 Å². The lowest BCUT2D eigenvalue weighted by Gasteiger charge is -2.19. The minimum atomic E-state index is 0.166. The van der Waals surface area contributed by atoms with Crippen LogP contribution < -0.4 is 10.6 Å². The van der Waals surface area contributed by atoms with Crippen LogP contribution in [0.3, 0.4) is 0 Å². The number of hydrogen-bond acceptors (Lipinski definition) is 2. The van der Waals surface area contributed by atoms with E-state index < -0.39 is 0 Å². The topological polar surface area (TPSA) is 41.1 Å². The molecular formula is C21H26N2O. The number of benzene rings is 2. The second-order valence-corrected chi connectivity index (χ2v) is 6.58. The SMILES string of the molecule is O=C(CCC1CCNC1)NCC(c1ccccc1)c1ccccc1. The van der Waals surface area contributed by atoms with E-state index in [1.807, 2.05) is 12.1 Å². The highest BCUT2D eigenvalue weighted by molar-refractivity contribution is 5.76. The molecule has 0 bridgehead atoms. The summed E-state index contributed by atoms with van der Waals surface area (Å²) in [5.74, 6) is 1.03. The van der Waals surface area contributed by atoms with Gasteiger partial charge in [0.2, 0.25) is 5.91 Å². The van der Waals surface area contributed by atoms with Crippen molar-refractivity contribution in [3.63, 3.8) is 0 Å². The van der Waals surface area contributed by atoms with Crippen LogP contribution in [0.15, 0.2) is 60.7 Å². The molecule has 126 valence electrons. The number of amides is 1. The molecule has 1 heterocycles. The maximum Gasteiger partial charge on any atom is 0.220 e. The van der Waals surface area contributed by atoms with Crippen LogP contribution in [-0.2, 0) is 4.79 Å². The maximum atomic E-state index is 12.2. The first-order valence-electron chi connectivity index (χ1n) is 8.90. The van der Waals surface area contributed by atoms with Gasteiger partial charge in [-0.05, 0) is 43.0 Å². The molecule has 2 aromatic carbocycles. The lowest BCUT2D eigenvalue weighted by Crippen LogP contribution is -2.29. The molecule has 3 nitrogen and oxygen atoms in total. The average molecular weight is 322 g/mol. The van der Waals surface area contributed by atoms with E-state index >= 15 is 0 Å². The molecule has 1 aliphatic heterocycles. The maximum absolute atomic E-state index is 12.2. The van der Waals surface area contributed by atoms with Gasteiger partial charge in [-0.15, -0.1) is 0 Å². The van der Waals surface area contributed by atoms with Crippen LogP contribution >= 0.6 is 0 Å². The summed E-state index contributed by atoms with van der Waals surface area (Å²) in [5, 5.41) is 6.50. The fourth-order valence-corrected chi connectivity index (χ4v) is 3.40. The van der Waals surface area contributed by atoms with Crippen molar-refractivity contribution < 1.29 is 4.79 Å². The molecule has 1 atom stereocenters. The number of carbonyl (C=O) groups excluding carboxylic acids is 1. The lowest BCUT2D eigenvalue weighted by molar-refractivity contribution is -0.121. The van der Waals surface area contributed by atoms with Crippen molar-refractivity contribution in [2.75, 3.05) is 19.6 Å². The minimum absolute atomic E-state index is 0.166. The molecule has 1 amide bonds. The summed E-state index contributed by atoms with van der Waals surface area (Å²) in [7, 11) is 0. The standard InChI is InChI=1S/C21H26N2O/c24-21(12-11-17-13-14-22-15-17)23-16-20(18-7-3-1-4-8-18)19-9-5-2-6-10-19/h1-10,17,20,22H,11-16H2,(H,23,24). The Kier molecular flexibility index (Phi) is 6.02. The zero-order valence-corrected chi connectivity index (χ0v) is 14.1. The Hall–Kier alpha value is -2.13. The van der Waals surface area contributed by atoms with Crippen molar-refractivity contribution in [1.82, 2.24) is 10.6 Å². The Balaban J connectivity index is 1.59. The Bertz CT molecular complexity index is 581. The number of rotatable bonds is 7. The van der Waals surface area contributed by atoms with Gasteiger partial charge in [-0.25, -0.2) is 0 Å².